The number of methoxy groups -OCH3 is 1. The maximum atomic E-state index is 13.8. The Morgan fingerprint density at radius 3 is 2.72 bits per heavy atom. The van der Waals surface area contributed by atoms with E-state index < -0.39 is 0 Å². The Morgan fingerprint density at radius 1 is 1.19 bits per heavy atom. The molecule has 0 spiro atoms. The van der Waals surface area contributed by atoms with Crippen molar-refractivity contribution in [2.75, 3.05) is 38.2 Å². The Bertz CT molecular complexity index is 1350. The fraction of sp³-hybridized carbons (Fsp3) is 0.280. The fourth-order valence-electron chi connectivity index (χ4n) is 4.76. The Balaban J connectivity index is 1.45. The minimum Gasteiger partial charge on any atom is -0.496 e. The molecule has 0 atom stereocenters. The summed E-state index contributed by atoms with van der Waals surface area (Å²) in [6, 6.07) is 17.3. The summed E-state index contributed by atoms with van der Waals surface area (Å²) < 4.78 is 21.4. The number of piperazine rings is 1. The lowest BCUT2D eigenvalue weighted by atomic mass is 10.1. The number of hydrogen-bond donors (Lipinski definition) is 2. The summed E-state index contributed by atoms with van der Waals surface area (Å²) in [6.45, 7) is 6.34. The lowest BCUT2D eigenvalue weighted by molar-refractivity contribution is -0.914. The predicted octanol–water partition coefficient (Wildman–Crippen LogP) is 2.14. The molecule has 2 aromatic carbocycles. The van der Waals surface area contributed by atoms with E-state index in [0.29, 0.717) is 5.56 Å². The van der Waals surface area contributed by atoms with Crippen LogP contribution in [0.3, 0.4) is 0 Å². The van der Waals surface area contributed by atoms with Crippen molar-refractivity contribution in [3.05, 3.63) is 71.0 Å². The fourth-order valence-corrected chi connectivity index (χ4v) is 4.76. The van der Waals surface area contributed by atoms with Crippen molar-refractivity contribution in [1.29, 1.82) is 5.26 Å². The standard InChI is InChI=1S/C25H24FN5O/c1-17-13-24(31-22-6-4-3-5-21(22)28-25(31)20(17)15-27)30-11-9-29(10-12-30)16-18-14-19(26)7-8-23(18)32-2/h3-8,13-14H,9-12,16H2,1-2H3/p+2. The summed E-state index contributed by atoms with van der Waals surface area (Å²) >= 11 is 0. The molecule has 1 fully saturated rings. The van der Waals surface area contributed by atoms with Gasteiger partial charge < -0.3 is 9.64 Å². The number of anilines is 1. The number of halogens is 1. The van der Waals surface area contributed by atoms with E-state index >= 15 is 0 Å². The van der Waals surface area contributed by atoms with Crippen molar-refractivity contribution in [1.82, 2.24) is 4.98 Å². The molecule has 0 saturated carbocycles. The lowest BCUT2D eigenvalue weighted by Gasteiger charge is -2.30. The lowest BCUT2D eigenvalue weighted by Crippen LogP contribution is -3.13. The van der Waals surface area contributed by atoms with Gasteiger partial charge in [0.1, 0.15) is 67.0 Å². The second-order valence-electron chi connectivity index (χ2n) is 8.37. The highest BCUT2D eigenvalue weighted by Gasteiger charge is 2.29. The molecule has 2 aromatic heterocycles. The van der Waals surface area contributed by atoms with E-state index in [9.17, 15) is 9.65 Å². The molecular formula is C25H26FN5O+2. The summed E-state index contributed by atoms with van der Waals surface area (Å²) in [4.78, 5) is 7.22. The Morgan fingerprint density at radius 2 is 1.97 bits per heavy atom. The number of para-hydroxylation sites is 2. The number of imidazole rings is 1. The normalized spacial score (nSPS) is 14.8. The van der Waals surface area contributed by atoms with Gasteiger partial charge in [-0.15, -0.1) is 0 Å². The van der Waals surface area contributed by atoms with Crippen LogP contribution in [0.5, 0.6) is 5.75 Å². The number of benzene rings is 2. The minimum absolute atomic E-state index is 0.231. The number of hydrogen-bond acceptors (Lipinski definition) is 3. The zero-order valence-corrected chi connectivity index (χ0v) is 18.3. The first-order chi connectivity index (χ1) is 15.6. The van der Waals surface area contributed by atoms with Gasteiger partial charge in [0.25, 0.3) is 0 Å². The van der Waals surface area contributed by atoms with Crippen molar-refractivity contribution < 1.29 is 18.4 Å². The number of aromatic nitrogens is 2. The molecule has 0 aliphatic carbocycles. The maximum absolute atomic E-state index is 13.8. The summed E-state index contributed by atoms with van der Waals surface area (Å²) in [5.74, 6) is 1.60. The van der Waals surface area contributed by atoms with Gasteiger partial charge in [0.15, 0.2) is 0 Å². The van der Waals surface area contributed by atoms with Gasteiger partial charge in [-0.3, -0.25) is 9.88 Å². The summed E-state index contributed by atoms with van der Waals surface area (Å²) in [5.41, 5.74) is 5.45. The van der Waals surface area contributed by atoms with Crippen molar-refractivity contribution in [2.24, 2.45) is 0 Å². The second kappa shape index (κ2) is 8.13. The second-order valence-corrected chi connectivity index (χ2v) is 8.37. The van der Waals surface area contributed by atoms with Crippen LogP contribution in [0, 0.1) is 24.1 Å². The third-order valence-electron chi connectivity index (χ3n) is 6.42. The van der Waals surface area contributed by atoms with Crippen LogP contribution >= 0.6 is 0 Å². The highest BCUT2D eigenvalue weighted by molar-refractivity contribution is 5.77. The quantitative estimate of drug-likeness (QED) is 0.487. The number of nitrogens with zero attached hydrogens (tertiary/aromatic N) is 3. The van der Waals surface area contributed by atoms with E-state index in [-0.39, 0.29) is 5.82 Å². The van der Waals surface area contributed by atoms with Gasteiger partial charge >= 0.3 is 0 Å². The van der Waals surface area contributed by atoms with Crippen molar-refractivity contribution >= 4 is 22.5 Å². The van der Waals surface area contributed by atoms with Crippen LogP contribution in [0.2, 0.25) is 0 Å². The third-order valence-corrected chi connectivity index (χ3v) is 6.42. The van der Waals surface area contributed by atoms with Gasteiger partial charge in [-0.05, 0) is 42.8 Å². The van der Waals surface area contributed by atoms with Crippen LogP contribution < -0.4 is 18.9 Å². The molecule has 3 heterocycles. The molecule has 1 aliphatic rings. The highest BCUT2D eigenvalue weighted by atomic mass is 19.1. The van der Waals surface area contributed by atoms with Gasteiger partial charge in [0, 0.05) is 6.07 Å². The first-order valence-corrected chi connectivity index (χ1v) is 10.9. The molecule has 7 heteroatoms. The summed E-state index contributed by atoms with van der Waals surface area (Å²) in [7, 11) is 1.63. The molecular weight excluding hydrogens is 405 g/mol. The number of fused-ring (bicyclic) bond motifs is 3. The topological polar surface area (TPSA) is 60.6 Å². The molecule has 0 radical (unpaired) electrons. The molecule has 6 nitrogen and oxygen atoms in total. The van der Waals surface area contributed by atoms with Gasteiger partial charge in [-0.25, -0.2) is 4.39 Å². The van der Waals surface area contributed by atoms with Gasteiger partial charge in [0.2, 0.25) is 11.5 Å². The van der Waals surface area contributed by atoms with E-state index in [1.54, 1.807) is 19.2 Å². The number of pyridine rings is 1. The van der Waals surface area contributed by atoms with Gasteiger partial charge in [0.05, 0.1) is 12.7 Å². The number of nitrogens with one attached hydrogen (secondary N) is 2. The molecule has 0 bridgehead atoms. The summed E-state index contributed by atoms with van der Waals surface area (Å²) in [5, 5.41) is 9.74. The van der Waals surface area contributed by atoms with E-state index in [4.69, 9.17) is 4.74 Å². The molecule has 1 aliphatic heterocycles. The zero-order chi connectivity index (χ0) is 22.2. The van der Waals surface area contributed by atoms with Gasteiger partial charge in [-0.2, -0.15) is 9.66 Å². The molecule has 2 N–H and O–H groups in total. The zero-order valence-electron chi connectivity index (χ0n) is 18.3. The van der Waals surface area contributed by atoms with Crippen LogP contribution in [0.25, 0.3) is 16.7 Å². The van der Waals surface area contributed by atoms with E-state index in [1.807, 2.05) is 25.1 Å². The highest BCUT2D eigenvalue weighted by Crippen LogP contribution is 2.23. The Labute approximate surface area is 186 Å². The Hall–Kier alpha value is -3.63. The van der Waals surface area contributed by atoms with E-state index in [2.05, 4.69) is 32.5 Å². The first kappa shape index (κ1) is 20.3. The first-order valence-electron chi connectivity index (χ1n) is 10.9. The van der Waals surface area contributed by atoms with E-state index in [0.717, 1.165) is 72.1 Å². The minimum atomic E-state index is -0.231. The average Bonchev–Trinajstić information content (AvgIpc) is 3.19. The number of H-pyrrole nitrogens is 1. The Kier molecular flexibility index (Phi) is 5.16. The number of aromatic amines is 1. The van der Waals surface area contributed by atoms with Crippen LogP contribution in [-0.2, 0) is 6.54 Å². The number of aryl methyl sites for hydroxylation is 1. The largest absolute Gasteiger partial charge is 0.496 e. The van der Waals surface area contributed by atoms with Crippen LogP contribution in [0.4, 0.5) is 10.2 Å². The molecule has 0 amide bonds. The third kappa shape index (κ3) is 3.43. The van der Waals surface area contributed by atoms with Crippen molar-refractivity contribution in [3.8, 4) is 11.8 Å². The smallest absolute Gasteiger partial charge is 0.250 e. The number of nitriles is 1. The summed E-state index contributed by atoms with van der Waals surface area (Å²) in [6.07, 6.45) is 0. The molecule has 5 rings (SSSR count). The van der Waals surface area contributed by atoms with Gasteiger partial charge in [-0.1, -0.05) is 12.1 Å². The molecule has 162 valence electrons. The molecule has 0 unspecified atom stereocenters. The van der Waals surface area contributed by atoms with Crippen LogP contribution in [-0.4, -0.2) is 38.3 Å². The molecule has 1 saturated heterocycles. The number of quaternary nitrogens is 1. The van der Waals surface area contributed by atoms with Crippen molar-refractivity contribution in [3.63, 3.8) is 0 Å². The van der Waals surface area contributed by atoms with Crippen LogP contribution in [0.1, 0.15) is 16.7 Å². The SMILES string of the molecule is COc1ccc(F)cc1C[NH+]1CCN(c2cc(C)c(C#N)c3[nH]c4ccccc4[n+]23)CC1. The molecule has 4 aromatic rings. The predicted molar refractivity (Wildman–Crippen MR) is 120 cm³/mol. The average molecular weight is 432 g/mol. The monoisotopic (exact) mass is 431 g/mol. The molecule has 32 heavy (non-hydrogen) atoms. The van der Waals surface area contributed by atoms with E-state index in [1.165, 1.54) is 11.0 Å². The number of ether oxygens (including phenoxy) is 1. The van der Waals surface area contributed by atoms with Crippen LogP contribution in [0.15, 0.2) is 48.5 Å². The number of rotatable bonds is 4. The van der Waals surface area contributed by atoms with Crippen molar-refractivity contribution in [2.45, 2.75) is 13.5 Å². The maximum Gasteiger partial charge on any atom is 0.250 e.